The van der Waals surface area contributed by atoms with Crippen molar-refractivity contribution in [2.45, 2.75) is 45.3 Å². The summed E-state index contributed by atoms with van der Waals surface area (Å²) in [5.41, 5.74) is 0.191. The number of aromatic nitrogens is 3. The smallest absolute Gasteiger partial charge is 0.416 e. The van der Waals surface area contributed by atoms with Gasteiger partial charge in [-0.05, 0) is 33.6 Å². The first-order valence-corrected chi connectivity index (χ1v) is 7.79. The summed E-state index contributed by atoms with van der Waals surface area (Å²) in [5, 5.41) is 2.94. The molecule has 0 spiro atoms. The van der Waals surface area contributed by atoms with Crippen LogP contribution in [0.4, 0.5) is 10.6 Å². The van der Waals surface area contributed by atoms with E-state index in [1.54, 1.807) is 15.5 Å². The van der Waals surface area contributed by atoms with E-state index in [1.807, 2.05) is 20.8 Å². The monoisotopic (exact) mass is 334 g/mol. The molecular weight excluding hydrogens is 316 g/mol. The largest absolute Gasteiger partial charge is 0.443 e. The van der Waals surface area contributed by atoms with Crippen molar-refractivity contribution in [2.75, 3.05) is 4.90 Å². The number of amides is 1. The number of nitrogens with one attached hydrogen (secondary N) is 1. The fourth-order valence-electron chi connectivity index (χ4n) is 2.33. The van der Waals surface area contributed by atoms with E-state index in [1.165, 1.54) is 6.20 Å². The number of aldehydes is 1. The Morgan fingerprint density at radius 1 is 1.52 bits per heavy atom. The number of carbonyl (C=O) groups excluding carboxylic acids is 2. The van der Waals surface area contributed by atoms with Crippen LogP contribution in [0.3, 0.4) is 0 Å². The number of fused-ring (bicyclic) bond motifs is 1. The van der Waals surface area contributed by atoms with Crippen LogP contribution in [0.15, 0.2) is 12.3 Å². The number of nitrogens with zero attached hydrogens (tertiary/aromatic N) is 3. The SMILES string of the molecule is CC(C)(C)OC(=O)N(c1cc(=S)nc2c(C=O)c[nH]n12)C1CC1. The van der Waals surface area contributed by atoms with Gasteiger partial charge in [-0.25, -0.2) is 14.3 Å². The topological polar surface area (TPSA) is 79.7 Å². The van der Waals surface area contributed by atoms with Crippen LogP contribution in [0.2, 0.25) is 0 Å². The molecule has 8 heteroatoms. The van der Waals surface area contributed by atoms with Crippen molar-refractivity contribution < 1.29 is 14.3 Å². The molecule has 1 fully saturated rings. The first-order chi connectivity index (χ1) is 10.8. The molecule has 1 aliphatic rings. The molecule has 0 aromatic carbocycles. The molecule has 1 N–H and O–H groups in total. The first kappa shape index (κ1) is 15.7. The minimum Gasteiger partial charge on any atom is -0.443 e. The Hall–Kier alpha value is -2.22. The second-order valence-corrected chi connectivity index (χ2v) is 6.96. The Bertz CT molecular complexity index is 829. The van der Waals surface area contributed by atoms with Crippen molar-refractivity contribution in [2.24, 2.45) is 0 Å². The third-order valence-corrected chi connectivity index (χ3v) is 3.60. The summed E-state index contributed by atoms with van der Waals surface area (Å²) in [6, 6.07) is 1.70. The Balaban J connectivity index is 2.12. The summed E-state index contributed by atoms with van der Waals surface area (Å²) in [4.78, 5) is 29.5. The number of hydrogen-bond acceptors (Lipinski definition) is 5. The van der Waals surface area contributed by atoms with Crippen LogP contribution in [0.1, 0.15) is 44.0 Å². The normalized spacial score (nSPS) is 14.7. The average Bonchev–Trinajstić information content (AvgIpc) is 3.16. The Morgan fingerprint density at radius 3 is 2.78 bits per heavy atom. The molecule has 23 heavy (non-hydrogen) atoms. The molecule has 2 aromatic heterocycles. The molecular formula is C15H18N4O3S. The standard InChI is InChI=1S/C15H18N4O3S/c1-15(2,3)22-14(21)18(10-4-5-10)12-6-11(23)17-13-9(8-20)7-16-19(12)13/h6-8,10,16H,4-5H2,1-3H3. The van der Waals surface area contributed by atoms with Crippen molar-refractivity contribution in [1.29, 1.82) is 0 Å². The van der Waals surface area contributed by atoms with Gasteiger partial charge in [0.2, 0.25) is 0 Å². The molecule has 1 aliphatic carbocycles. The molecule has 3 rings (SSSR count). The van der Waals surface area contributed by atoms with Crippen LogP contribution in [0.25, 0.3) is 5.65 Å². The maximum atomic E-state index is 12.6. The third kappa shape index (κ3) is 3.12. The molecule has 1 saturated carbocycles. The number of ether oxygens (including phenoxy) is 1. The number of aromatic amines is 1. The highest BCUT2D eigenvalue weighted by atomic mass is 32.1. The first-order valence-electron chi connectivity index (χ1n) is 7.39. The number of rotatable bonds is 3. The second kappa shape index (κ2) is 5.45. The average molecular weight is 334 g/mol. The van der Waals surface area contributed by atoms with Crippen molar-refractivity contribution in [3.8, 4) is 0 Å². The Kier molecular flexibility index (Phi) is 3.71. The summed E-state index contributed by atoms with van der Waals surface area (Å²) < 4.78 is 7.41. The van der Waals surface area contributed by atoms with Gasteiger partial charge in [0.15, 0.2) is 11.9 Å². The van der Waals surface area contributed by atoms with E-state index in [-0.39, 0.29) is 6.04 Å². The summed E-state index contributed by atoms with van der Waals surface area (Å²) in [6.45, 7) is 5.47. The molecule has 7 nitrogen and oxygen atoms in total. The lowest BCUT2D eigenvalue weighted by Crippen LogP contribution is -2.39. The van der Waals surface area contributed by atoms with Crippen LogP contribution in [0.5, 0.6) is 0 Å². The highest BCUT2D eigenvalue weighted by molar-refractivity contribution is 7.71. The fraction of sp³-hybridized carbons (Fsp3) is 0.467. The van der Waals surface area contributed by atoms with E-state index in [2.05, 4.69) is 10.1 Å². The molecule has 0 radical (unpaired) electrons. The molecule has 0 saturated heterocycles. The molecule has 0 unspecified atom stereocenters. The van der Waals surface area contributed by atoms with Crippen LogP contribution in [0, 0.1) is 4.64 Å². The maximum Gasteiger partial charge on any atom is 0.416 e. The predicted molar refractivity (Wildman–Crippen MR) is 87.5 cm³/mol. The number of anilines is 1. The van der Waals surface area contributed by atoms with Gasteiger partial charge in [-0.3, -0.25) is 14.8 Å². The lowest BCUT2D eigenvalue weighted by Gasteiger charge is -2.27. The molecule has 122 valence electrons. The van der Waals surface area contributed by atoms with Gasteiger partial charge in [0.05, 0.1) is 5.56 Å². The van der Waals surface area contributed by atoms with Gasteiger partial charge in [-0.15, -0.1) is 0 Å². The van der Waals surface area contributed by atoms with Crippen LogP contribution in [-0.4, -0.2) is 38.6 Å². The summed E-state index contributed by atoms with van der Waals surface area (Å²) in [6.07, 6.45) is 3.60. The highest BCUT2D eigenvalue weighted by Crippen LogP contribution is 2.33. The minimum absolute atomic E-state index is 0.0698. The zero-order valence-corrected chi connectivity index (χ0v) is 14.0. The Morgan fingerprint density at radius 2 is 2.22 bits per heavy atom. The third-order valence-electron chi connectivity index (χ3n) is 3.39. The zero-order valence-electron chi connectivity index (χ0n) is 13.2. The summed E-state index contributed by atoms with van der Waals surface area (Å²) in [7, 11) is 0. The summed E-state index contributed by atoms with van der Waals surface area (Å²) >= 11 is 5.19. The van der Waals surface area contributed by atoms with E-state index in [9.17, 15) is 9.59 Å². The Labute approximate surface area is 138 Å². The quantitative estimate of drug-likeness (QED) is 0.689. The van der Waals surface area contributed by atoms with Gasteiger partial charge in [-0.1, -0.05) is 12.2 Å². The number of carbonyl (C=O) groups is 2. The fourth-order valence-corrected chi connectivity index (χ4v) is 2.52. The highest BCUT2D eigenvalue weighted by Gasteiger charge is 2.38. The number of H-pyrrole nitrogens is 1. The van der Waals surface area contributed by atoms with Crippen LogP contribution < -0.4 is 4.90 Å². The van der Waals surface area contributed by atoms with Gasteiger partial charge < -0.3 is 4.74 Å². The van der Waals surface area contributed by atoms with E-state index >= 15 is 0 Å². The van der Waals surface area contributed by atoms with E-state index in [4.69, 9.17) is 17.0 Å². The second-order valence-electron chi connectivity index (χ2n) is 6.54. The van der Waals surface area contributed by atoms with Gasteiger partial charge in [-0.2, -0.15) is 0 Å². The predicted octanol–water partition coefficient (Wildman–Crippen LogP) is 3.11. The van der Waals surface area contributed by atoms with Crippen molar-refractivity contribution in [3.05, 3.63) is 22.5 Å². The minimum atomic E-state index is -0.596. The van der Waals surface area contributed by atoms with Gasteiger partial charge in [0.25, 0.3) is 0 Å². The molecule has 0 aliphatic heterocycles. The number of hydrogen-bond donors (Lipinski definition) is 1. The van der Waals surface area contributed by atoms with E-state index < -0.39 is 11.7 Å². The van der Waals surface area contributed by atoms with Gasteiger partial charge in [0.1, 0.15) is 16.1 Å². The van der Waals surface area contributed by atoms with Crippen molar-refractivity contribution >= 4 is 36.1 Å². The van der Waals surface area contributed by atoms with Crippen molar-refractivity contribution in [3.63, 3.8) is 0 Å². The van der Waals surface area contributed by atoms with E-state index in [0.29, 0.717) is 28.0 Å². The van der Waals surface area contributed by atoms with Crippen LogP contribution >= 0.6 is 12.2 Å². The lowest BCUT2D eigenvalue weighted by molar-refractivity contribution is 0.0576. The zero-order chi connectivity index (χ0) is 16.8. The molecule has 2 heterocycles. The molecule has 0 bridgehead atoms. The van der Waals surface area contributed by atoms with Gasteiger partial charge in [0, 0.05) is 18.3 Å². The molecule has 2 aromatic rings. The van der Waals surface area contributed by atoms with Crippen LogP contribution in [-0.2, 0) is 4.74 Å². The molecule has 0 atom stereocenters. The maximum absolute atomic E-state index is 12.6. The summed E-state index contributed by atoms with van der Waals surface area (Å²) in [5.74, 6) is 0.532. The molecule has 1 amide bonds. The lowest BCUT2D eigenvalue weighted by atomic mass is 10.2. The van der Waals surface area contributed by atoms with Gasteiger partial charge >= 0.3 is 6.09 Å². The van der Waals surface area contributed by atoms with E-state index in [0.717, 1.165) is 12.8 Å². The van der Waals surface area contributed by atoms with Crippen molar-refractivity contribution in [1.82, 2.24) is 14.6 Å².